The minimum Gasteiger partial charge on any atom is -0.415 e. The summed E-state index contributed by atoms with van der Waals surface area (Å²) < 4.78 is 55.4. The van der Waals surface area contributed by atoms with Gasteiger partial charge in [-0.05, 0) is 30.7 Å². The number of nitro benzene ring substituents is 1. The molecule has 0 aromatic heterocycles. The zero-order valence-corrected chi connectivity index (χ0v) is 13.6. The molecule has 0 atom stereocenters. The van der Waals surface area contributed by atoms with Crippen molar-refractivity contribution in [3.05, 3.63) is 69.0 Å². The lowest BCUT2D eigenvalue weighted by molar-refractivity contribution is -0.385. The number of carbonyl (C=O) groups excluding carboxylic acids is 1. The molecule has 27 heavy (non-hydrogen) atoms. The Labute approximate surface area is 150 Å². The van der Waals surface area contributed by atoms with Gasteiger partial charge < -0.3 is 14.2 Å². The molecule has 0 N–H and O–H groups in total. The summed E-state index contributed by atoms with van der Waals surface area (Å²) in [7, 11) is 0. The van der Waals surface area contributed by atoms with Crippen molar-refractivity contribution in [2.24, 2.45) is 0 Å². The van der Waals surface area contributed by atoms with Crippen LogP contribution in [0.5, 0.6) is 5.75 Å². The molecule has 0 spiro atoms. The molecule has 0 bridgehead atoms. The Kier molecular flexibility index (Phi) is 5.38. The highest BCUT2D eigenvalue weighted by atomic mass is 19.2. The summed E-state index contributed by atoms with van der Waals surface area (Å²) in [5.74, 6) is -6.97. The van der Waals surface area contributed by atoms with E-state index in [0.29, 0.717) is 37.3 Å². The predicted molar refractivity (Wildman–Crippen MR) is 83.6 cm³/mol. The van der Waals surface area contributed by atoms with Crippen LogP contribution in [0.2, 0.25) is 0 Å². The summed E-state index contributed by atoms with van der Waals surface area (Å²) in [6, 6.07) is 4.82. The summed E-state index contributed by atoms with van der Waals surface area (Å²) >= 11 is 0. The number of nitrogens with zero attached hydrogens (tertiary/aromatic N) is 1. The first kappa shape index (κ1) is 18.8. The van der Waals surface area contributed by atoms with E-state index in [1.54, 1.807) is 0 Å². The molecule has 1 aliphatic rings. The van der Waals surface area contributed by atoms with E-state index in [9.17, 15) is 28.1 Å². The minimum absolute atomic E-state index is 0.334. The molecule has 10 heteroatoms. The van der Waals surface area contributed by atoms with Gasteiger partial charge in [-0.1, -0.05) is 0 Å². The fourth-order valence-electron chi connectivity index (χ4n) is 2.43. The fourth-order valence-corrected chi connectivity index (χ4v) is 2.43. The van der Waals surface area contributed by atoms with E-state index >= 15 is 0 Å². The van der Waals surface area contributed by atoms with Gasteiger partial charge in [0, 0.05) is 11.6 Å². The van der Waals surface area contributed by atoms with Gasteiger partial charge in [0.15, 0.2) is 23.7 Å². The SMILES string of the molecule is O=C(Oc1ccc(C2OCCCO2)cc1[N+](=O)[O-])c1ccc(F)c(F)c1F. The first-order chi connectivity index (χ1) is 12.9. The summed E-state index contributed by atoms with van der Waals surface area (Å²) in [6.45, 7) is 0.842. The van der Waals surface area contributed by atoms with Gasteiger partial charge in [0.2, 0.25) is 5.75 Å². The third-order valence-electron chi connectivity index (χ3n) is 3.74. The third-order valence-corrected chi connectivity index (χ3v) is 3.74. The molecule has 1 saturated heterocycles. The van der Waals surface area contributed by atoms with Crippen molar-refractivity contribution in [2.45, 2.75) is 12.7 Å². The lowest BCUT2D eigenvalue weighted by Crippen LogP contribution is -2.18. The van der Waals surface area contributed by atoms with Crippen LogP contribution in [0.3, 0.4) is 0 Å². The number of hydrogen-bond acceptors (Lipinski definition) is 6. The van der Waals surface area contributed by atoms with Crippen LogP contribution in [-0.4, -0.2) is 24.1 Å². The van der Waals surface area contributed by atoms with E-state index in [-0.39, 0.29) is 0 Å². The molecule has 0 amide bonds. The maximum absolute atomic E-state index is 13.7. The summed E-state index contributed by atoms with van der Waals surface area (Å²) in [5, 5.41) is 11.3. The first-order valence-electron chi connectivity index (χ1n) is 7.75. The quantitative estimate of drug-likeness (QED) is 0.263. The summed E-state index contributed by atoms with van der Waals surface area (Å²) in [6.07, 6.45) is -0.112. The van der Waals surface area contributed by atoms with Crippen molar-refractivity contribution in [3.8, 4) is 5.75 Å². The fraction of sp³-hybridized carbons (Fsp3) is 0.235. The molecule has 142 valence electrons. The largest absolute Gasteiger partial charge is 0.415 e. The van der Waals surface area contributed by atoms with E-state index in [1.807, 2.05) is 0 Å². The van der Waals surface area contributed by atoms with Gasteiger partial charge in [-0.25, -0.2) is 18.0 Å². The number of carbonyl (C=O) groups is 1. The zero-order valence-electron chi connectivity index (χ0n) is 13.6. The average molecular weight is 383 g/mol. The molecule has 0 aliphatic carbocycles. The zero-order chi connectivity index (χ0) is 19.6. The summed E-state index contributed by atoms with van der Waals surface area (Å²) in [4.78, 5) is 22.5. The monoisotopic (exact) mass is 383 g/mol. The number of halogens is 3. The Morgan fingerprint density at radius 3 is 2.48 bits per heavy atom. The van der Waals surface area contributed by atoms with Crippen molar-refractivity contribution in [2.75, 3.05) is 13.2 Å². The van der Waals surface area contributed by atoms with Gasteiger partial charge in [-0.15, -0.1) is 0 Å². The van der Waals surface area contributed by atoms with Crippen LogP contribution in [0, 0.1) is 27.6 Å². The van der Waals surface area contributed by atoms with Crippen LogP contribution < -0.4 is 4.74 Å². The minimum atomic E-state index is -1.85. The van der Waals surface area contributed by atoms with E-state index < -0.39 is 51.6 Å². The van der Waals surface area contributed by atoms with Gasteiger partial charge in [-0.3, -0.25) is 10.1 Å². The normalized spacial score (nSPS) is 14.8. The molecule has 1 aliphatic heterocycles. The molecule has 1 fully saturated rings. The van der Waals surface area contributed by atoms with Gasteiger partial charge in [0.25, 0.3) is 0 Å². The maximum atomic E-state index is 13.7. The highest BCUT2D eigenvalue weighted by Gasteiger charge is 2.26. The highest BCUT2D eigenvalue weighted by Crippen LogP contribution is 2.33. The molecule has 2 aromatic rings. The number of hydrogen-bond donors (Lipinski definition) is 0. The maximum Gasteiger partial charge on any atom is 0.346 e. The Morgan fingerprint density at radius 1 is 1.11 bits per heavy atom. The number of rotatable bonds is 4. The summed E-state index contributed by atoms with van der Waals surface area (Å²) in [5.41, 5.74) is -1.16. The lowest BCUT2D eigenvalue weighted by Gasteiger charge is -2.23. The molecule has 1 heterocycles. The van der Waals surface area contributed by atoms with Crippen molar-refractivity contribution in [1.82, 2.24) is 0 Å². The van der Waals surface area contributed by atoms with E-state index in [4.69, 9.17) is 14.2 Å². The lowest BCUT2D eigenvalue weighted by atomic mass is 10.1. The van der Waals surface area contributed by atoms with Crippen LogP contribution in [0.15, 0.2) is 30.3 Å². The van der Waals surface area contributed by atoms with Crippen molar-refractivity contribution >= 4 is 11.7 Å². The Morgan fingerprint density at radius 2 is 1.81 bits per heavy atom. The van der Waals surface area contributed by atoms with Crippen LogP contribution in [0.1, 0.15) is 28.6 Å². The smallest absolute Gasteiger partial charge is 0.346 e. The highest BCUT2D eigenvalue weighted by molar-refractivity contribution is 5.91. The Bertz CT molecular complexity index is 898. The number of ether oxygens (including phenoxy) is 3. The van der Waals surface area contributed by atoms with Gasteiger partial charge >= 0.3 is 11.7 Å². The molecule has 0 saturated carbocycles. The van der Waals surface area contributed by atoms with Crippen LogP contribution in [0.25, 0.3) is 0 Å². The van der Waals surface area contributed by atoms with E-state index in [0.717, 1.165) is 12.1 Å². The standard InChI is InChI=1S/C17H12F3NO6/c18-11-4-3-10(14(19)15(11)20)16(22)27-13-5-2-9(8-12(13)21(23)24)17-25-6-1-7-26-17/h2-5,8,17H,1,6-7H2. The molecule has 3 rings (SSSR count). The average Bonchev–Trinajstić information content (AvgIpc) is 2.67. The second-order valence-corrected chi connectivity index (χ2v) is 5.52. The van der Waals surface area contributed by atoms with Gasteiger partial charge in [-0.2, -0.15) is 0 Å². The van der Waals surface area contributed by atoms with E-state index in [2.05, 4.69) is 0 Å². The number of nitro groups is 1. The first-order valence-corrected chi connectivity index (χ1v) is 7.75. The molecule has 0 radical (unpaired) electrons. The Balaban J connectivity index is 1.89. The second-order valence-electron chi connectivity index (χ2n) is 5.52. The van der Waals surface area contributed by atoms with Crippen molar-refractivity contribution < 1.29 is 37.1 Å². The van der Waals surface area contributed by atoms with E-state index in [1.165, 1.54) is 6.07 Å². The molecular weight excluding hydrogens is 371 g/mol. The van der Waals surface area contributed by atoms with Gasteiger partial charge in [0.1, 0.15) is 0 Å². The molecule has 0 unspecified atom stereocenters. The van der Waals surface area contributed by atoms with Crippen LogP contribution in [0.4, 0.5) is 18.9 Å². The topological polar surface area (TPSA) is 87.9 Å². The molecule has 7 nitrogen and oxygen atoms in total. The number of benzene rings is 2. The molecule has 2 aromatic carbocycles. The van der Waals surface area contributed by atoms with Crippen LogP contribution >= 0.6 is 0 Å². The molecular formula is C17H12F3NO6. The third kappa shape index (κ3) is 3.91. The second kappa shape index (κ2) is 7.72. The Hall–Kier alpha value is -2.98. The van der Waals surface area contributed by atoms with Crippen LogP contribution in [-0.2, 0) is 9.47 Å². The van der Waals surface area contributed by atoms with Crippen molar-refractivity contribution in [3.63, 3.8) is 0 Å². The van der Waals surface area contributed by atoms with Gasteiger partial charge in [0.05, 0.1) is 23.7 Å². The predicted octanol–water partition coefficient (Wildman–Crippen LogP) is 3.67. The number of esters is 1. The van der Waals surface area contributed by atoms with Crippen molar-refractivity contribution in [1.29, 1.82) is 0 Å².